The van der Waals surface area contributed by atoms with Crippen molar-refractivity contribution in [2.45, 2.75) is 13.3 Å². The fourth-order valence-corrected chi connectivity index (χ4v) is 1.88. The second kappa shape index (κ2) is 6.82. The minimum absolute atomic E-state index is 0.331. The predicted octanol–water partition coefficient (Wildman–Crippen LogP) is 3.28. The van der Waals surface area contributed by atoms with Crippen molar-refractivity contribution in [3.8, 4) is 0 Å². The van der Waals surface area contributed by atoms with Crippen LogP contribution in [-0.4, -0.2) is 16.6 Å². The van der Waals surface area contributed by atoms with Crippen molar-refractivity contribution < 1.29 is 4.79 Å². The van der Waals surface area contributed by atoms with Crippen molar-refractivity contribution in [3.05, 3.63) is 64.9 Å². The average Bonchev–Trinajstić information content (AvgIpc) is 2.48. The van der Waals surface area contributed by atoms with Crippen LogP contribution in [0, 0.1) is 0 Å². The molecule has 0 atom stereocenters. The van der Waals surface area contributed by atoms with Crippen LogP contribution in [0.5, 0.6) is 0 Å². The zero-order chi connectivity index (χ0) is 14.4. The molecule has 1 heterocycles. The summed E-state index contributed by atoms with van der Waals surface area (Å²) in [6.07, 6.45) is 2.25. The highest BCUT2D eigenvalue weighted by molar-refractivity contribution is 6.31. The molecule has 0 fully saturated rings. The normalized spacial score (nSPS) is 11.2. The largest absolute Gasteiger partial charge is 0.289 e. The van der Waals surface area contributed by atoms with E-state index in [4.69, 9.17) is 11.6 Å². The van der Waals surface area contributed by atoms with Crippen LogP contribution in [-0.2, 0) is 0 Å². The summed E-state index contributed by atoms with van der Waals surface area (Å²) in [5, 5.41) is 4.79. The third kappa shape index (κ3) is 3.65. The quantitative estimate of drug-likeness (QED) is 0.693. The van der Waals surface area contributed by atoms with Gasteiger partial charge in [-0.25, -0.2) is 5.43 Å². The molecular formula is C15H14ClN3O. The molecule has 0 aliphatic rings. The Kier molecular flexibility index (Phi) is 4.85. The van der Waals surface area contributed by atoms with Crippen LogP contribution in [0.3, 0.4) is 0 Å². The maximum atomic E-state index is 11.9. The lowest BCUT2D eigenvalue weighted by Crippen LogP contribution is -2.20. The Morgan fingerprint density at radius 1 is 1.30 bits per heavy atom. The summed E-state index contributed by atoms with van der Waals surface area (Å²) in [5.74, 6) is -0.335. The molecule has 4 nitrogen and oxygen atoms in total. The Morgan fingerprint density at radius 2 is 2.15 bits per heavy atom. The summed E-state index contributed by atoms with van der Waals surface area (Å²) in [6, 6.07) is 12.5. The number of aromatic nitrogens is 1. The first kappa shape index (κ1) is 14.2. The van der Waals surface area contributed by atoms with E-state index in [0.29, 0.717) is 17.1 Å². The van der Waals surface area contributed by atoms with Gasteiger partial charge in [0.1, 0.15) is 5.69 Å². The van der Waals surface area contributed by atoms with Crippen molar-refractivity contribution in [2.75, 3.05) is 0 Å². The topological polar surface area (TPSA) is 54.4 Å². The number of hydrogen-bond acceptors (Lipinski definition) is 3. The molecule has 2 rings (SSSR count). The van der Waals surface area contributed by atoms with Gasteiger partial charge in [0.05, 0.1) is 5.71 Å². The molecule has 20 heavy (non-hydrogen) atoms. The third-order valence-electron chi connectivity index (χ3n) is 2.68. The number of rotatable bonds is 4. The van der Waals surface area contributed by atoms with E-state index in [1.54, 1.807) is 30.5 Å². The first-order chi connectivity index (χ1) is 9.70. The van der Waals surface area contributed by atoms with E-state index in [1.807, 2.05) is 25.1 Å². The van der Waals surface area contributed by atoms with Crippen molar-refractivity contribution >= 4 is 23.2 Å². The van der Waals surface area contributed by atoms with Gasteiger partial charge in [0.25, 0.3) is 5.91 Å². The van der Waals surface area contributed by atoms with Crippen LogP contribution >= 0.6 is 11.6 Å². The molecule has 102 valence electrons. The number of halogens is 1. The van der Waals surface area contributed by atoms with E-state index in [0.717, 1.165) is 11.3 Å². The summed E-state index contributed by atoms with van der Waals surface area (Å²) in [5.41, 5.74) is 4.49. The standard InChI is InChI=1S/C15H14ClN3O/c1-2-13(11-6-5-7-12(16)10-11)18-19-15(20)14-8-3-4-9-17-14/h3-10H,2H2,1H3,(H,19,20). The summed E-state index contributed by atoms with van der Waals surface area (Å²) < 4.78 is 0. The fourth-order valence-electron chi connectivity index (χ4n) is 1.69. The third-order valence-corrected chi connectivity index (χ3v) is 2.92. The Bertz CT molecular complexity index is 626. The van der Waals surface area contributed by atoms with Gasteiger partial charge in [0.15, 0.2) is 0 Å². The van der Waals surface area contributed by atoms with Gasteiger partial charge in [-0.05, 0) is 36.2 Å². The molecule has 1 amide bonds. The molecule has 0 unspecified atom stereocenters. The Labute approximate surface area is 122 Å². The van der Waals surface area contributed by atoms with Gasteiger partial charge in [-0.1, -0.05) is 36.7 Å². The molecule has 1 aromatic carbocycles. The number of pyridine rings is 1. The minimum Gasteiger partial charge on any atom is -0.266 e. The number of carbonyl (C=O) groups excluding carboxylic acids is 1. The van der Waals surface area contributed by atoms with Gasteiger partial charge in [0, 0.05) is 11.2 Å². The molecule has 0 spiro atoms. The summed E-state index contributed by atoms with van der Waals surface area (Å²) in [6.45, 7) is 1.96. The van der Waals surface area contributed by atoms with Gasteiger partial charge in [0.2, 0.25) is 0 Å². The molecule has 5 heteroatoms. The van der Waals surface area contributed by atoms with Crippen LogP contribution in [0.15, 0.2) is 53.8 Å². The second-order valence-electron chi connectivity index (χ2n) is 4.08. The first-order valence-corrected chi connectivity index (χ1v) is 6.62. The smallest absolute Gasteiger partial charge is 0.266 e. The number of hydrazone groups is 1. The van der Waals surface area contributed by atoms with Crippen LogP contribution < -0.4 is 5.43 Å². The Morgan fingerprint density at radius 3 is 2.80 bits per heavy atom. The molecule has 1 N–H and O–H groups in total. The number of carbonyl (C=O) groups is 1. The molecular weight excluding hydrogens is 274 g/mol. The van der Waals surface area contributed by atoms with Gasteiger partial charge in [-0.15, -0.1) is 0 Å². The maximum Gasteiger partial charge on any atom is 0.289 e. The van der Waals surface area contributed by atoms with Crippen molar-refractivity contribution in [3.63, 3.8) is 0 Å². The molecule has 0 aliphatic heterocycles. The summed E-state index contributed by atoms with van der Waals surface area (Å²) >= 11 is 5.95. The van der Waals surface area contributed by atoms with Gasteiger partial charge in [-0.2, -0.15) is 5.10 Å². The zero-order valence-electron chi connectivity index (χ0n) is 11.0. The van der Waals surface area contributed by atoms with Crippen LogP contribution in [0.2, 0.25) is 5.02 Å². The number of hydrogen-bond donors (Lipinski definition) is 1. The highest BCUT2D eigenvalue weighted by Crippen LogP contribution is 2.12. The van der Waals surface area contributed by atoms with E-state index in [2.05, 4.69) is 15.5 Å². The molecule has 0 saturated heterocycles. The molecule has 2 aromatic rings. The molecule has 0 saturated carbocycles. The van der Waals surface area contributed by atoms with E-state index < -0.39 is 0 Å². The monoisotopic (exact) mass is 287 g/mol. The Hall–Kier alpha value is -2.20. The summed E-state index contributed by atoms with van der Waals surface area (Å²) in [7, 11) is 0. The van der Waals surface area contributed by atoms with Crippen molar-refractivity contribution in [1.82, 2.24) is 10.4 Å². The maximum absolute atomic E-state index is 11.9. The average molecular weight is 288 g/mol. The van der Waals surface area contributed by atoms with Crippen molar-refractivity contribution in [2.24, 2.45) is 5.10 Å². The summed E-state index contributed by atoms with van der Waals surface area (Å²) in [4.78, 5) is 15.8. The van der Waals surface area contributed by atoms with E-state index >= 15 is 0 Å². The molecule has 1 aromatic heterocycles. The van der Waals surface area contributed by atoms with E-state index in [9.17, 15) is 4.79 Å². The lowest BCUT2D eigenvalue weighted by molar-refractivity contribution is 0.0950. The molecule has 0 aliphatic carbocycles. The minimum atomic E-state index is -0.335. The lowest BCUT2D eigenvalue weighted by atomic mass is 10.1. The first-order valence-electron chi connectivity index (χ1n) is 6.24. The van der Waals surface area contributed by atoms with Gasteiger partial charge >= 0.3 is 0 Å². The number of nitrogens with one attached hydrogen (secondary N) is 1. The molecule has 0 bridgehead atoms. The zero-order valence-corrected chi connectivity index (χ0v) is 11.8. The van der Waals surface area contributed by atoms with Crippen LogP contribution in [0.1, 0.15) is 29.4 Å². The van der Waals surface area contributed by atoms with Crippen LogP contribution in [0.25, 0.3) is 0 Å². The number of benzene rings is 1. The fraction of sp³-hybridized carbons (Fsp3) is 0.133. The van der Waals surface area contributed by atoms with Gasteiger partial charge < -0.3 is 0 Å². The second-order valence-corrected chi connectivity index (χ2v) is 4.51. The Balaban J connectivity index is 2.14. The highest BCUT2D eigenvalue weighted by Gasteiger charge is 2.06. The van der Waals surface area contributed by atoms with Crippen LogP contribution in [0.4, 0.5) is 0 Å². The number of nitrogens with zero attached hydrogens (tertiary/aromatic N) is 2. The predicted molar refractivity (Wildman–Crippen MR) is 80.0 cm³/mol. The lowest BCUT2D eigenvalue weighted by Gasteiger charge is -2.05. The molecule has 0 radical (unpaired) electrons. The van der Waals surface area contributed by atoms with E-state index in [-0.39, 0.29) is 5.91 Å². The van der Waals surface area contributed by atoms with Crippen molar-refractivity contribution in [1.29, 1.82) is 0 Å². The number of amides is 1. The SMILES string of the molecule is CCC(=NNC(=O)c1ccccn1)c1cccc(Cl)c1. The van der Waals surface area contributed by atoms with Gasteiger partial charge in [-0.3, -0.25) is 9.78 Å². The van der Waals surface area contributed by atoms with E-state index in [1.165, 1.54) is 0 Å². The highest BCUT2D eigenvalue weighted by atomic mass is 35.5.